The van der Waals surface area contributed by atoms with Gasteiger partial charge in [0.2, 0.25) is 5.84 Å². The van der Waals surface area contributed by atoms with Crippen molar-refractivity contribution in [3.63, 3.8) is 0 Å². The molecule has 0 spiro atoms. The number of halogens is 2. The third-order valence-corrected chi connectivity index (χ3v) is 4.42. The summed E-state index contributed by atoms with van der Waals surface area (Å²) in [5.41, 5.74) is 2.09. The SMILES string of the molecule is O=C1NCc2ccc(Cl)c3cc(-c4ccccc4F)n(c23)C1=NO. The van der Waals surface area contributed by atoms with Crippen LogP contribution in [0.1, 0.15) is 5.56 Å². The molecule has 7 heteroatoms. The van der Waals surface area contributed by atoms with E-state index in [1.165, 1.54) is 10.6 Å². The minimum Gasteiger partial charge on any atom is -0.409 e. The molecule has 1 aliphatic heterocycles. The first kappa shape index (κ1) is 14.7. The molecule has 2 N–H and O–H groups in total. The van der Waals surface area contributed by atoms with E-state index < -0.39 is 11.7 Å². The van der Waals surface area contributed by atoms with Gasteiger partial charge in [-0.25, -0.2) is 4.39 Å². The van der Waals surface area contributed by atoms with Crippen LogP contribution in [-0.2, 0) is 11.3 Å². The first-order valence-electron chi connectivity index (χ1n) is 7.20. The van der Waals surface area contributed by atoms with E-state index in [0.29, 0.717) is 21.6 Å². The molecule has 1 aliphatic rings. The number of benzene rings is 2. The molecule has 1 aromatic heterocycles. The predicted molar refractivity (Wildman–Crippen MR) is 88.8 cm³/mol. The second-order valence-corrected chi connectivity index (χ2v) is 5.83. The van der Waals surface area contributed by atoms with Crippen LogP contribution in [0.25, 0.3) is 22.2 Å². The van der Waals surface area contributed by atoms with Gasteiger partial charge in [0.25, 0.3) is 5.91 Å². The molecule has 0 radical (unpaired) electrons. The highest BCUT2D eigenvalue weighted by Gasteiger charge is 2.27. The Labute approximate surface area is 141 Å². The Hall–Kier alpha value is -2.86. The first-order valence-corrected chi connectivity index (χ1v) is 7.58. The lowest BCUT2D eigenvalue weighted by Crippen LogP contribution is -2.32. The van der Waals surface area contributed by atoms with Crippen molar-refractivity contribution >= 4 is 34.2 Å². The quantitative estimate of drug-likeness (QED) is 0.525. The lowest BCUT2D eigenvalue weighted by atomic mass is 10.1. The molecule has 5 nitrogen and oxygen atoms in total. The number of nitrogens with one attached hydrogen (secondary N) is 1. The number of hydrogen-bond acceptors (Lipinski definition) is 3. The summed E-state index contributed by atoms with van der Waals surface area (Å²) < 4.78 is 15.8. The molecule has 3 aromatic rings. The van der Waals surface area contributed by atoms with Gasteiger partial charge in [-0.05, 0) is 29.8 Å². The summed E-state index contributed by atoms with van der Waals surface area (Å²) in [7, 11) is 0. The van der Waals surface area contributed by atoms with Crippen molar-refractivity contribution in [2.75, 3.05) is 0 Å². The van der Waals surface area contributed by atoms with Gasteiger partial charge in [0.05, 0.1) is 11.2 Å². The number of rotatable bonds is 1. The van der Waals surface area contributed by atoms with E-state index in [1.807, 2.05) is 0 Å². The second-order valence-electron chi connectivity index (χ2n) is 5.42. The van der Waals surface area contributed by atoms with Gasteiger partial charge in [-0.2, -0.15) is 0 Å². The van der Waals surface area contributed by atoms with Crippen LogP contribution in [0.4, 0.5) is 4.39 Å². The number of oxime groups is 1. The molecule has 0 atom stereocenters. The fourth-order valence-corrected chi connectivity index (χ4v) is 3.23. The number of nitrogens with zero attached hydrogens (tertiary/aromatic N) is 2. The van der Waals surface area contributed by atoms with Crippen molar-refractivity contribution in [3.8, 4) is 11.3 Å². The summed E-state index contributed by atoms with van der Waals surface area (Å²) in [5, 5.41) is 16.3. The number of aromatic nitrogens is 1. The Balaban J connectivity index is 2.18. The standard InChI is InChI=1S/C17H11ClFN3O2/c18-12-6-5-9-8-20-17(23)16(21-24)22-14(7-11(12)15(9)22)10-3-1-2-4-13(10)19/h1-7,24H,8H2,(H,20,23). The van der Waals surface area contributed by atoms with Gasteiger partial charge in [-0.3, -0.25) is 9.36 Å². The number of carbonyl (C=O) groups excluding carboxylic acids is 1. The molecular weight excluding hydrogens is 333 g/mol. The molecule has 4 rings (SSSR count). The Bertz CT molecular complexity index is 1030. The topological polar surface area (TPSA) is 66.6 Å². The van der Waals surface area contributed by atoms with Gasteiger partial charge in [-0.1, -0.05) is 35.0 Å². The molecule has 0 aliphatic carbocycles. The zero-order valence-electron chi connectivity index (χ0n) is 12.3. The summed E-state index contributed by atoms with van der Waals surface area (Å²) >= 11 is 6.29. The molecule has 120 valence electrons. The van der Waals surface area contributed by atoms with Crippen molar-refractivity contribution in [1.82, 2.24) is 9.88 Å². The van der Waals surface area contributed by atoms with Gasteiger partial charge < -0.3 is 10.5 Å². The van der Waals surface area contributed by atoms with E-state index in [9.17, 15) is 14.4 Å². The van der Waals surface area contributed by atoms with E-state index in [1.54, 1.807) is 36.4 Å². The third-order valence-electron chi connectivity index (χ3n) is 4.09. The van der Waals surface area contributed by atoms with Gasteiger partial charge in [0, 0.05) is 22.5 Å². The fourth-order valence-electron chi connectivity index (χ4n) is 3.03. The van der Waals surface area contributed by atoms with E-state index in [-0.39, 0.29) is 17.9 Å². The fraction of sp³-hybridized carbons (Fsp3) is 0.0588. The zero-order chi connectivity index (χ0) is 16.8. The molecule has 0 fully saturated rings. The van der Waals surface area contributed by atoms with Gasteiger partial charge in [-0.15, -0.1) is 0 Å². The van der Waals surface area contributed by atoms with Crippen molar-refractivity contribution < 1.29 is 14.4 Å². The Morgan fingerprint density at radius 3 is 2.79 bits per heavy atom. The number of amides is 1. The highest BCUT2D eigenvalue weighted by Crippen LogP contribution is 2.36. The Morgan fingerprint density at radius 1 is 1.25 bits per heavy atom. The molecule has 0 bridgehead atoms. The number of hydrogen-bond donors (Lipinski definition) is 2. The van der Waals surface area contributed by atoms with Crippen LogP contribution in [0.3, 0.4) is 0 Å². The highest BCUT2D eigenvalue weighted by molar-refractivity contribution is 6.42. The van der Waals surface area contributed by atoms with E-state index in [2.05, 4.69) is 10.5 Å². The minimum absolute atomic E-state index is 0.232. The largest absolute Gasteiger partial charge is 0.409 e. The maximum Gasteiger partial charge on any atom is 0.291 e. The van der Waals surface area contributed by atoms with Crippen LogP contribution in [0, 0.1) is 5.82 Å². The van der Waals surface area contributed by atoms with Crippen LogP contribution >= 0.6 is 11.6 Å². The van der Waals surface area contributed by atoms with Crippen LogP contribution in [-0.4, -0.2) is 21.5 Å². The minimum atomic E-state index is -0.556. The second kappa shape index (κ2) is 5.35. The van der Waals surface area contributed by atoms with Crippen LogP contribution in [0.5, 0.6) is 0 Å². The van der Waals surface area contributed by atoms with Gasteiger partial charge in [0.15, 0.2) is 0 Å². The highest BCUT2D eigenvalue weighted by atomic mass is 35.5. The normalized spacial score (nSPS) is 15.6. The van der Waals surface area contributed by atoms with Crippen molar-refractivity contribution in [2.24, 2.45) is 5.16 Å². The summed E-state index contributed by atoms with van der Waals surface area (Å²) in [6.07, 6.45) is 0. The third kappa shape index (κ3) is 2.00. The predicted octanol–water partition coefficient (Wildman–Crippen LogP) is 3.37. The van der Waals surface area contributed by atoms with E-state index >= 15 is 0 Å². The lowest BCUT2D eigenvalue weighted by Gasteiger charge is -2.10. The molecule has 2 heterocycles. The molecule has 1 amide bonds. The molecule has 0 saturated heterocycles. The van der Waals surface area contributed by atoms with E-state index in [0.717, 1.165) is 5.56 Å². The summed E-state index contributed by atoms with van der Waals surface area (Å²) in [5.74, 6) is -1.24. The summed E-state index contributed by atoms with van der Waals surface area (Å²) in [6, 6.07) is 11.4. The monoisotopic (exact) mass is 343 g/mol. The maximum atomic E-state index is 14.3. The lowest BCUT2D eigenvalue weighted by molar-refractivity contribution is -0.115. The van der Waals surface area contributed by atoms with Gasteiger partial charge >= 0.3 is 0 Å². The maximum absolute atomic E-state index is 14.3. The Kier molecular flexibility index (Phi) is 3.28. The van der Waals surface area contributed by atoms with Crippen molar-refractivity contribution in [3.05, 3.63) is 58.9 Å². The summed E-state index contributed by atoms with van der Waals surface area (Å²) in [4.78, 5) is 12.3. The summed E-state index contributed by atoms with van der Waals surface area (Å²) in [6.45, 7) is 0.256. The molecule has 24 heavy (non-hydrogen) atoms. The van der Waals surface area contributed by atoms with Crippen molar-refractivity contribution in [1.29, 1.82) is 0 Å². The number of carbonyl (C=O) groups is 1. The van der Waals surface area contributed by atoms with Crippen LogP contribution in [0.15, 0.2) is 47.6 Å². The molecule has 0 unspecified atom stereocenters. The molecule has 0 saturated carbocycles. The van der Waals surface area contributed by atoms with Crippen molar-refractivity contribution in [2.45, 2.75) is 6.54 Å². The molecule has 2 aromatic carbocycles. The van der Waals surface area contributed by atoms with Gasteiger partial charge in [0.1, 0.15) is 5.82 Å². The van der Waals surface area contributed by atoms with Crippen LogP contribution in [0.2, 0.25) is 5.02 Å². The average Bonchev–Trinajstić information content (AvgIpc) is 2.90. The average molecular weight is 344 g/mol. The first-order chi connectivity index (χ1) is 11.6. The zero-order valence-corrected chi connectivity index (χ0v) is 13.0. The van der Waals surface area contributed by atoms with Crippen LogP contribution < -0.4 is 5.32 Å². The Morgan fingerprint density at radius 2 is 2.04 bits per heavy atom. The smallest absolute Gasteiger partial charge is 0.291 e. The molecular formula is C17H11ClFN3O2. The van der Waals surface area contributed by atoms with E-state index in [4.69, 9.17) is 11.6 Å².